The van der Waals surface area contributed by atoms with E-state index in [1.165, 1.54) is 11.3 Å². The lowest BCUT2D eigenvalue weighted by atomic mass is 10.2. The fraction of sp³-hybridized carbons (Fsp3) is 0.500. The molecule has 0 aliphatic carbocycles. The number of halogens is 1. The third-order valence-corrected chi connectivity index (χ3v) is 3.09. The van der Waals surface area contributed by atoms with Gasteiger partial charge in [-0.05, 0) is 22.9 Å². The van der Waals surface area contributed by atoms with E-state index in [-0.39, 0.29) is 5.97 Å². The maximum absolute atomic E-state index is 11.2. The van der Waals surface area contributed by atoms with Crippen molar-refractivity contribution in [3.8, 4) is 0 Å². The van der Waals surface area contributed by atoms with Crippen LogP contribution in [0.3, 0.4) is 0 Å². The first-order valence-electron chi connectivity index (χ1n) is 4.15. The highest BCUT2D eigenvalue weighted by Crippen LogP contribution is 2.16. The molecule has 2 N–H and O–H groups in total. The van der Waals surface area contributed by atoms with Crippen molar-refractivity contribution in [3.05, 3.63) is 15.0 Å². The number of hydrogen-bond acceptors (Lipinski definition) is 5. The summed E-state index contributed by atoms with van der Waals surface area (Å²) in [5, 5.41) is 2.69. The van der Waals surface area contributed by atoms with Crippen molar-refractivity contribution in [3.63, 3.8) is 0 Å². The third-order valence-electron chi connectivity index (χ3n) is 1.51. The number of nitrogens with zero attached hydrogens (tertiary/aromatic N) is 1. The Bertz CT molecular complexity index is 316. The van der Waals surface area contributed by atoms with E-state index < -0.39 is 6.04 Å². The Labute approximate surface area is 94.6 Å². The summed E-state index contributed by atoms with van der Waals surface area (Å²) < 4.78 is 5.56. The Morgan fingerprint density at radius 1 is 1.86 bits per heavy atom. The number of hydrogen-bond donors (Lipinski definition) is 1. The largest absolute Gasteiger partial charge is 0.465 e. The van der Waals surface area contributed by atoms with E-state index in [0.29, 0.717) is 13.0 Å². The lowest BCUT2D eigenvalue weighted by molar-refractivity contribution is -0.144. The fourth-order valence-electron chi connectivity index (χ4n) is 0.903. The molecule has 4 nitrogen and oxygen atoms in total. The van der Waals surface area contributed by atoms with E-state index >= 15 is 0 Å². The molecular formula is C8H11BrN2O2S. The van der Waals surface area contributed by atoms with Crippen molar-refractivity contribution in [1.29, 1.82) is 0 Å². The van der Waals surface area contributed by atoms with E-state index in [1.54, 1.807) is 6.92 Å². The maximum atomic E-state index is 11.2. The van der Waals surface area contributed by atoms with Crippen LogP contribution in [-0.4, -0.2) is 23.6 Å². The van der Waals surface area contributed by atoms with Gasteiger partial charge in [0.2, 0.25) is 0 Å². The highest BCUT2D eigenvalue weighted by atomic mass is 79.9. The van der Waals surface area contributed by atoms with Crippen LogP contribution in [0.1, 0.15) is 11.9 Å². The molecule has 0 saturated carbocycles. The molecule has 1 atom stereocenters. The Kier molecular flexibility index (Phi) is 4.50. The molecule has 0 fully saturated rings. The Morgan fingerprint density at radius 2 is 2.57 bits per heavy atom. The van der Waals surface area contributed by atoms with Crippen molar-refractivity contribution in [2.75, 3.05) is 6.61 Å². The summed E-state index contributed by atoms with van der Waals surface area (Å²) in [5.41, 5.74) is 5.62. The molecule has 0 aromatic carbocycles. The van der Waals surface area contributed by atoms with Gasteiger partial charge in [0.1, 0.15) is 10.6 Å². The van der Waals surface area contributed by atoms with Gasteiger partial charge in [0.25, 0.3) is 0 Å². The van der Waals surface area contributed by atoms with Crippen molar-refractivity contribution < 1.29 is 9.53 Å². The molecule has 0 aliphatic heterocycles. The van der Waals surface area contributed by atoms with Crippen LogP contribution in [0, 0.1) is 0 Å². The van der Waals surface area contributed by atoms with Gasteiger partial charge in [-0.2, -0.15) is 0 Å². The fourth-order valence-corrected chi connectivity index (χ4v) is 2.23. The predicted octanol–water partition coefficient (Wildman–Crippen LogP) is 1.34. The van der Waals surface area contributed by atoms with Gasteiger partial charge in [-0.25, -0.2) is 4.98 Å². The standard InChI is InChI=1S/C8H11BrN2O2S/c1-2-13-8(12)5(10)3-7-11-6(9)4-14-7/h4-5H,2-3,10H2,1H3/t5-/m0/s1. The number of aromatic nitrogens is 1. The summed E-state index contributed by atoms with van der Waals surface area (Å²) >= 11 is 4.70. The third kappa shape index (κ3) is 3.36. The molecule has 0 saturated heterocycles. The molecule has 0 unspecified atom stereocenters. The van der Waals surface area contributed by atoms with E-state index in [9.17, 15) is 4.79 Å². The number of carbonyl (C=O) groups is 1. The number of rotatable bonds is 4. The van der Waals surface area contributed by atoms with Crippen LogP contribution in [0.5, 0.6) is 0 Å². The first-order valence-corrected chi connectivity index (χ1v) is 5.83. The summed E-state index contributed by atoms with van der Waals surface area (Å²) in [4.78, 5) is 15.3. The quantitative estimate of drug-likeness (QED) is 0.845. The number of nitrogens with two attached hydrogens (primary N) is 1. The SMILES string of the molecule is CCOC(=O)[C@@H](N)Cc1nc(Br)cs1. The second kappa shape index (κ2) is 5.43. The lowest BCUT2D eigenvalue weighted by Crippen LogP contribution is -2.34. The molecule has 0 radical (unpaired) electrons. The van der Waals surface area contributed by atoms with Crippen LogP contribution in [0.4, 0.5) is 0 Å². The summed E-state index contributed by atoms with van der Waals surface area (Å²) in [6, 6.07) is -0.618. The van der Waals surface area contributed by atoms with Crippen molar-refractivity contribution >= 4 is 33.2 Å². The van der Waals surface area contributed by atoms with E-state index in [1.807, 2.05) is 5.38 Å². The van der Waals surface area contributed by atoms with E-state index in [2.05, 4.69) is 20.9 Å². The van der Waals surface area contributed by atoms with Gasteiger partial charge >= 0.3 is 5.97 Å². The number of ether oxygens (including phenoxy) is 1. The zero-order chi connectivity index (χ0) is 10.6. The van der Waals surface area contributed by atoms with Crippen molar-refractivity contribution in [1.82, 2.24) is 4.98 Å². The second-order valence-electron chi connectivity index (χ2n) is 2.63. The van der Waals surface area contributed by atoms with Gasteiger partial charge in [0, 0.05) is 11.8 Å². The van der Waals surface area contributed by atoms with E-state index in [4.69, 9.17) is 10.5 Å². The minimum absolute atomic E-state index is 0.355. The lowest BCUT2D eigenvalue weighted by Gasteiger charge is -2.07. The molecule has 14 heavy (non-hydrogen) atoms. The van der Waals surface area contributed by atoms with Gasteiger partial charge in [-0.15, -0.1) is 11.3 Å². The summed E-state index contributed by atoms with van der Waals surface area (Å²) in [6.45, 7) is 2.11. The predicted molar refractivity (Wildman–Crippen MR) is 58.1 cm³/mol. The minimum Gasteiger partial charge on any atom is -0.465 e. The highest BCUT2D eigenvalue weighted by Gasteiger charge is 2.16. The zero-order valence-electron chi connectivity index (χ0n) is 7.70. The molecule has 6 heteroatoms. The smallest absolute Gasteiger partial charge is 0.323 e. The Morgan fingerprint density at radius 3 is 3.07 bits per heavy atom. The average molecular weight is 279 g/mol. The molecular weight excluding hydrogens is 268 g/mol. The molecule has 0 spiro atoms. The summed E-state index contributed by atoms with van der Waals surface area (Å²) in [6.07, 6.45) is 0.426. The molecule has 1 heterocycles. The van der Waals surface area contributed by atoms with Gasteiger partial charge in [0.15, 0.2) is 0 Å². The summed E-state index contributed by atoms with van der Waals surface area (Å²) in [5.74, 6) is -0.376. The number of carbonyl (C=O) groups excluding carboxylic acids is 1. The van der Waals surface area contributed by atoms with Crippen LogP contribution in [0.2, 0.25) is 0 Å². The van der Waals surface area contributed by atoms with Gasteiger partial charge in [0.05, 0.1) is 11.6 Å². The highest BCUT2D eigenvalue weighted by molar-refractivity contribution is 9.10. The van der Waals surface area contributed by atoms with Crippen LogP contribution in [0.15, 0.2) is 9.98 Å². The zero-order valence-corrected chi connectivity index (χ0v) is 10.1. The number of thiazole rings is 1. The summed E-state index contributed by atoms with van der Waals surface area (Å²) in [7, 11) is 0. The monoisotopic (exact) mass is 278 g/mol. The first-order chi connectivity index (χ1) is 6.63. The van der Waals surface area contributed by atoms with Crippen LogP contribution in [-0.2, 0) is 16.0 Å². The minimum atomic E-state index is -0.618. The topological polar surface area (TPSA) is 65.2 Å². The van der Waals surface area contributed by atoms with Gasteiger partial charge in [-0.3, -0.25) is 4.79 Å². The molecule has 1 aromatic heterocycles. The molecule has 0 bridgehead atoms. The van der Waals surface area contributed by atoms with Gasteiger partial charge < -0.3 is 10.5 Å². The van der Waals surface area contributed by atoms with Crippen LogP contribution < -0.4 is 5.73 Å². The van der Waals surface area contributed by atoms with Gasteiger partial charge in [-0.1, -0.05) is 0 Å². The average Bonchev–Trinajstić information content (AvgIpc) is 2.51. The Hall–Kier alpha value is -0.460. The van der Waals surface area contributed by atoms with Crippen LogP contribution >= 0.6 is 27.3 Å². The Balaban J connectivity index is 2.48. The maximum Gasteiger partial charge on any atom is 0.323 e. The van der Waals surface area contributed by atoms with Crippen LogP contribution in [0.25, 0.3) is 0 Å². The molecule has 1 aromatic rings. The number of esters is 1. The second-order valence-corrected chi connectivity index (χ2v) is 4.38. The normalized spacial score (nSPS) is 12.5. The molecule has 0 aliphatic rings. The van der Waals surface area contributed by atoms with Crippen molar-refractivity contribution in [2.45, 2.75) is 19.4 Å². The first kappa shape index (κ1) is 11.6. The molecule has 78 valence electrons. The van der Waals surface area contributed by atoms with Crippen molar-refractivity contribution in [2.24, 2.45) is 5.73 Å². The molecule has 0 amide bonds. The molecule has 1 rings (SSSR count). The van der Waals surface area contributed by atoms with E-state index in [0.717, 1.165) is 9.61 Å².